The maximum absolute atomic E-state index is 13.2. The van der Waals surface area contributed by atoms with Gasteiger partial charge in [0.25, 0.3) is 0 Å². The van der Waals surface area contributed by atoms with Crippen LogP contribution in [0.1, 0.15) is 48.5 Å². The molecule has 3 aromatic carbocycles. The van der Waals surface area contributed by atoms with Gasteiger partial charge in [-0.25, -0.2) is 14.2 Å². The third-order valence-corrected chi connectivity index (χ3v) is 7.24. The summed E-state index contributed by atoms with van der Waals surface area (Å²) >= 11 is 6.22. The molecule has 0 bridgehead atoms. The molecule has 1 aliphatic rings. The van der Waals surface area contributed by atoms with Crippen molar-refractivity contribution in [2.45, 2.75) is 44.7 Å². The zero-order chi connectivity index (χ0) is 28.6. The van der Waals surface area contributed by atoms with Gasteiger partial charge in [0.2, 0.25) is 0 Å². The summed E-state index contributed by atoms with van der Waals surface area (Å²) in [5.74, 6) is -0.0802. The van der Waals surface area contributed by atoms with Crippen molar-refractivity contribution < 1.29 is 45.0 Å². The number of nitrogens with zero attached hydrogens (tertiary/aromatic N) is 4. The Balaban J connectivity index is 0.000000287. The number of halogens is 2. The molecule has 3 heterocycles. The molecular weight excluding hydrogens is 779 g/mol. The Morgan fingerprint density at radius 3 is 2.62 bits per heavy atom. The Labute approximate surface area is 273 Å². The number of amides is 1. The third-order valence-electron chi connectivity index (χ3n) is 7.01. The van der Waals surface area contributed by atoms with Crippen LogP contribution in [-0.4, -0.2) is 37.3 Å². The van der Waals surface area contributed by atoms with Crippen molar-refractivity contribution in [2.24, 2.45) is 0 Å². The molecule has 1 unspecified atom stereocenters. The number of carbonyl (C=O) groups is 1. The summed E-state index contributed by atoms with van der Waals surface area (Å²) in [5.41, 5.74) is 4.02. The Morgan fingerprint density at radius 1 is 1.12 bits per heavy atom. The smallest absolute Gasteiger partial charge is 0.410 e. The van der Waals surface area contributed by atoms with Crippen molar-refractivity contribution in [3.05, 3.63) is 120 Å². The Morgan fingerprint density at radius 2 is 1.90 bits per heavy atom. The van der Waals surface area contributed by atoms with Crippen LogP contribution in [0.2, 0.25) is 5.02 Å². The number of benzene rings is 3. The van der Waals surface area contributed by atoms with Gasteiger partial charge in [0.1, 0.15) is 24.2 Å². The maximum atomic E-state index is 13.2. The maximum Gasteiger partial charge on any atom is 2.00 e. The van der Waals surface area contributed by atoms with Crippen LogP contribution in [-0.2, 0) is 13.0 Å². The fourth-order valence-electron chi connectivity index (χ4n) is 5.02. The first-order chi connectivity index (χ1) is 20.0. The van der Waals surface area contributed by atoms with Gasteiger partial charge in [0.05, 0.1) is 6.04 Å². The van der Waals surface area contributed by atoms with Crippen LogP contribution in [0.4, 0.5) is 9.18 Å². The fourth-order valence-corrected chi connectivity index (χ4v) is 5.20. The summed E-state index contributed by atoms with van der Waals surface area (Å²) in [4.78, 5) is 22.1. The number of nitrogens with one attached hydrogen (secondary N) is 1. The van der Waals surface area contributed by atoms with Crippen LogP contribution < -0.4 is 4.74 Å². The van der Waals surface area contributed by atoms with Crippen molar-refractivity contribution in [3.8, 4) is 5.75 Å². The normalized spacial score (nSPS) is 14.0. The van der Waals surface area contributed by atoms with Gasteiger partial charge in [-0.1, -0.05) is 24.4 Å². The van der Waals surface area contributed by atoms with Crippen molar-refractivity contribution >= 4 is 28.6 Å². The zero-order valence-corrected chi connectivity index (χ0v) is 28.0. The number of unbranched alkanes of at least 4 members (excludes halogenated alkanes) is 3. The number of H-pyrrole nitrogens is 1. The van der Waals surface area contributed by atoms with Crippen molar-refractivity contribution in [1.29, 1.82) is 0 Å². The average molecular weight is 810 g/mol. The van der Waals surface area contributed by atoms with Crippen LogP contribution in [0.25, 0.3) is 10.9 Å². The predicted octanol–water partition coefficient (Wildman–Crippen LogP) is 7.58. The largest absolute Gasteiger partial charge is 2.00 e. The molecule has 7 nitrogen and oxygen atoms in total. The number of aryl methyl sites for hydroxylation is 1. The number of fused-ring (bicyclic) bond motifs is 3. The molecule has 0 radical (unpaired) electrons. The van der Waals surface area contributed by atoms with Crippen LogP contribution in [0.3, 0.4) is 0 Å². The van der Waals surface area contributed by atoms with Gasteiger partial charge in [0.15, 0.2) is 0 Å². The third kappa shape index (κ3) is 7.83. The second-order valence-electron chi connectivity index (χ2n) is 9.78. The van der Waals surface area contributed by atoms with E-state index in [9.17, 15) is 9.18 Å². The first kappa shape index (κ1) is 31.8. The molecule has 5 aromatic rings. The first-order valence-corrected chi connectivity index (χ1v) is 14.0. The quantitative estimate of drug-likeness (QED) is 0.136. The topological polar surface area (TPSA) is 76.0 Å². The molecule has 10 heteroatoms. The van der Waals surface area contributed by atoms with Gasteiger partial charge < -0.3 is 16.6 Å². The van der Waals surface area contributed by atoms with E-state index in [1.807, 2.05) is 47.1 Å². The van der Waals surface area contributed by atoms with Gasteiger partial charge in [-0.3, -0.25) is 9.58 Å². The van der Waals surface area contributed by atoms with Crippen LogP contribution in [0.5, 0.6) is 5.75 Å². The Hall–Kier alpha value is -3.12. The molecule has 0 fully saturated rings. The minimum Gasteiger partial charge on any atom is -0.410 e. The van der Waals surface area contributed by atoms with E-state index in [-0.39, 0.29) is 43.0 Å². The number of aromatic amines is 1. The molecule has 0 aliphatic carbocycles. The molecule has 0 saturated carbocycles. The van der Waals surface area contributed by atoms with Gasteiger partial charge in [-0.05, 0) is 60.9 Å². The standard InChI is InChI=1S/C24H17ClFN2O2.C8H14N3.U/c25-16-6-11-21-20(14-16)19-12-13-28(24(29)30-18-9-7-17(26)8-10-18)23(22(19)27-21)15-4-2-1-3-5-15;1-2-3-4-5-6-11-8-9-7-10-11;/h2-11,14,23,27H,12-13H2;7-8H,1-6H2;/q2*-1;+2. The van der Waals surface area contributed by atoms with Crippen LogP contribution in [0.15, 0.2) is 79.4 Å². The van der Waals surface area contributed by atoms with Gasteiger partial charge >= 0.3 is 37.2 Å². The number of aromatic nitrogens is 4. The van der Waals surface area contributed by atoms with E-state index in [0.717, 1.165) is 40.7 Å². The molecule has 6 rings (SSSR count). The number of hydrogen-bond donors (Lipinski definition) is 1. The molecular formula is C32H31ClFN5O2U. The summed E-state index contributed by atoms with van der Waals surface area (Å²) < 4.78 is 20.6. The Bertz CT molecular complexity index is 1560. The minimum absolute atomic E-state index is 0. The summed E-state index contributed by atoms with van der Waals surface area (Å²) in [6, 6.07) is 21.4. The number of rotatable bonds is 7. The van der Waals surface area contributed by atoms with Gasteiger partial charge in [0, 0.05) is 34.7 Å². The second kappa shape index (κ2) is 15.4. The average Bonchev–Trinajstić information content (AvgIpc) is 3.64. The molecule has 1 aliphatic heterocycles. The fraction of sp³-hybridized carbons (Fsp3) is 0.250. The van der Waals surface area contributed by atoms with Crippen molar-refractivity contribution in [2.75, 3.05) is 6.54 Å². The molecule has 2 aromatic heterocycles. The van der Waals surface area contributed by atoms with Gasteiger partial charge in [-0.2, -0.15) is 41.9 Å². The van der Waals surface area contributed by atoms with Gasteiger partial charge in [-0.15, -0.1) is 5.56 Å². The van der Waals surface area contributed by atoms with E-state index in [0.29, 0.717) is 23.7 Å². The molecule has 214 valence electrons. The molecule has 1 atom stereocenters. The molecule has 1 N–H and O–H groups in total. The van der Waals surface area contributed by atoms with Crippen LogP contribution >= 0.6 is 11.6 Å². The second-order valence-corrected chi connectivity index (χ2v) is 10.2. The number of hydrogen-bond acceptors (Lipinski definition) is 4. The van der Waals surface area contributed by atoms with E-state index >= 15 is 0 Å². The van der Waals surface area contributed by atoms with Crippen LogP contribution in [0, 0.1) is 49.9 Å². The van der Waals surface area contributed by atoms with Crippen molar-refractivity contribution in [3.63, 3.8) is 0 Å². The summed E-state index contributed by atoms with van der Waals surface area (Å²) in [7, 11) is 0. The van der Waals surface area contributed by atoms with E-state index in [2.05, 4.69) is 28.1 Å². The summed E-state index contributed by atoms with van der Waals surface area (Å²) in [6.07, 6.45) is 8.19. The van der Waals surface area contributed by atoms with E-state index in [1.54, 1.807) is 17.6 Å². The predicted molar refractivity (Wildman–Crippen MR) is 157 cm³/mol. The summed E-state index contributed by atoms with van der Waals surface area (Å²) in [5, 5.41) is 5.74. The van der Waals surface area contributed by atoms with E-state index in [1.165, 1.54) is 43.5 Å². The zero-order valence-electron chi connectivity index (χ0n) is 23.1. The number of carbonyl (C=O) groups excluding carboxylic acids is 1. The summed E-state index contributed by atoms with van der Waals surface area (Å²) in [6.45, 7) is 5.25. The Kier molecular flexibility index (Phi) is 11.6. The molecule has 0 spiro atoms. The monoisotopic (exact) mass is 809 g/mol. The first-order valence-electron chi connectivity index (χ1n) is 13.6. The molecule has 0 saturated heterocycles. The number of ether oxygens (including phenoxy) is 1. The molecule has 42 heavy (non-hydrogen) atoms. The van der Waals surface area contributed by atoms with E-state index in [4.69, 9.17) is 16.3 Å². The minimum atomic E-state index is -0.484. The van der Waals surface area contributed by atoms with Crippen molar-refractivity contribution in [1.82, 2.24) is 24.6 Å². The SMILES string of the molecule is O=C(Oc1ccc(F)cc1)N1CCc2c([nH]c3ccc(Cl)cc23)C1c1cc[c-]cc1.[CH2-]CCCCCn1cncn1.[U+2]. The van der Waals surface area contributed by atoms with E-state index < -0.39 is 6.09 Å². The molecule has 1 amide bonds.